The first-order valence-electron chi connectivity index (χ1n) is 6.20. The molecule has 0 unspecified atom stereocenters. The second-order valence-corrected chi connectivity index (χ2v) is 5.29. The van der Waals surface area contributed by atoms with Gasteiger partial charge in [-0.05, 0) is 52.7 Å². The molecular weight excluding hydrogens is 339 g/mol. The van der Waals surface area contributed by atoms with Crippen molar-refractivity contribution in [3.63, 3.8) is 0 Å². The number of halogens is 2. The van der Waals surface area contributed by atoms with Crippen molar-refractivity contribution in [1.82, 2.24) is 0 Å². The first-order valence-corrected chi connectivity index (χ1v) is 6.99. The summed E-state index contributed by atoms with van der Waals surface area (Å²) in [5.41, 5.74) is 7.78. The van der Waals surface area contributed by atoms with Crippen LogP contribution in [0, 0.1) is 12.7 Å². The van der Waals surface area contributed by atoms with Crippen LogP contribution < -0.4 is 15.8 Å². The summed E-state index contributed by atoms with van der Waals surface area (Å²) in [6.07, 6.45) is 0. The van der Waals surface area contributed by atoms with Crippen LogP contribution in [0.5, 0.6) is 5.75 Å². The van der Waals surface area contributed by atoms with Crippen molar-refractivity contribution < 1.29 is 13.9 Å². The summed E-state index contributed by atoms with van der Waals surface area (Å²) in [6.45, 7) is 1.59. The second-order valence-electron chi connectivity index (χ2n) is 4.43. The Labute approximate surface area is 130 Å². The normalized spacial score (nSPS) is 10.2. The van der Waals surface area contributed by atoms with E-state index in [1.54, 1.807) is 18.2 Å². The quantitative estimate of drug-likeness (QED) is 0.827. The van der Waals surface area contributed by atoms with Crippen LogP contribution in [0.25, 0.3) is 0 Å². The SMILES string of the molecule is Cc1c(N)cccc1NC(=O)COc1cc(F)ccc1Br. The zero-order valence-electron chi connectivity index (χ0n) is 11.3. The van der Waals surface area contributed by atoms with E-state index in [9.17, 15) is 9.18 Å². The second kappa shape index (κ2) is 6.58. The molecule has 6 heteroatoms. The average molecular weight is 353 g/mol. The number of carbonyl (C=O) groups excluding carboxylic acids is 1. The Kier molecular flexibility index (Phi) is 4.80. The molecular formula is C15H14BrFN2O2. The molecule has 1 amide bonds. The fourth-order valence-electron chi connectivity index (χ4n) is 1.71. The molecule has 21 heavy (non-hydrogen) atoms. The van der Waals surface area contributed by atoms with E-state index < -0.39 is 5.82 Å². The lowest BCUT2D eigenvalue weighted by molar-refractivity contribution is -0.118. The molecule has 0 aliphatic carbocycles. The lowest BCUT2D eigenvalue weighted by Gasteiger charge is -2.11. The smallest absolute Gasteiger partial charge is 0.262 e. The predicted octanol–water partition coefficient (Wildman–Crippen LogP) is 3.50. The van der Waals surface area contributed by atoms with Gasteiger partial charge in [-0.1, -0.05) is 6.07 Å². The molecule has 0 radical (unpaired) electrons. The number of hydrogen-bond donors (Lipinski definition) is 2. The largest absolute Gasteiger partial charge is 0.482 e. The summed E-state index contributed by atoms with van der Waals surface area (Å²) in [4.78, 5) is 11.9. The van der Waals surface area contributed by atoms with Crippen LogP contribution in [0.4, 0.5) is 15.8 Å². The van der Waals surface area contributed by atoms with Crippen LogP contribution in [0.1, 0.15) is 5.56 Å². The number of benzene rings is 2. The molecule has 0 saturated carbocycles. The molecule has 0 heterocycles. The number of carbonyl (C=O) groups is 1. The van der Waals surface area contributed by atoms with Crippen LogP contribution in [-0.4, -0.2) is 12.5 Å². The number of rotatable bonds is 4. The molecule has 0 aliphatic heterocycles. The van der Waals surface area contributed by atoms with E-state index >= 15 is 0 Å². The molecule has 0 aliphatic rings. The first kappa shape index (κ1) is 15.3. The van der Waals surface area contributed by atoms with Crippen molar-refractivity contribution in [3.8, 4) is 5.75 Å². The summed E-state index contributed by atoms with van der Waals surface area (Å²) >= 11 is 3.23. The molecule has 4 nitrogen and oxygen atoms in total. The number of nitrogen functional groups attached to an aromatic ring is 1. The monoisotopic (exact) mass is 352 g/mol. The number of amides is 1. The lowest BCUT2D eigenvalue weighted by atomic mass is 10.1. The highest BCUT2D eigenvalue weighted by Gasteiger charge is 2.09. The van der Waals surface area contributed by atoms with Gasteiger partial charge in [0.2, 0.25) is 0 Å². The van der Waals surface area contributed by atoms with Crippen LogP contribution in [0.2, 0.25) is 0 Å². The van der Waals surface area contributed by atoms with Gasteiger partial charge in [-0.15, -0.1) is 0 Å². The predicted molar refractivity (Wildman–Crippen MR) is 83.8 cm³/mol. The van der Waals surface area contributed by atoms with Gasteiger partial charge in [0.1, 0.15) is 11.6 Å². The Balaban J connectivity index is 1.99. The van der Waals surface area contributed by atoms with E-state index in [1.165, 1.54) is 18.2 Å². The molecule has 0 bridgehead atoms. The van der Waals surface area contributed by atoms with Gasteiger partial charge in [0.05, 0.1) is 4.47 Å². The Hall–Kier alpha value is -2.08. The topological polar surface area (TPSA) is 64.3 Å². The lowest BCUT2D eigenvalue weighted by Crippen LogP contribution is -2.21. The number of nitrogens with two attached hydrogens (primary N) is 1. The maximum absolute atomic E-state index is 13.1. The molecule has 0 atom stereocenters. The highest BCUT2D eigenvalue weighted by Crippen LogP contribution is 2.25. The number of hydrogen-bond acceptors (Lipinski definition) is 3. The molecule has 3 N–H and O–H groups in total. The summed E-state index contributed by atoms with van der Waals surface area (Å²) in [6, 6.07) is 9.29. The number of ether oxygens (including phenoxy) is 1. The summed E-state index contributed by atoms with van der Waals surface area (Å²) in [7, 11) is 0. The third-order valence-electron chi connectivity index (χ3n) is 2.90. The Morgan fingerprint density at radius 3 is 2.90 bits per heavy atom. The van der Waals surface area contributed by atoms with Gasteiger partial charge < -0.3 is 15.8 Å². The Morgan fingerprint density at radius 2 is 2.14 bits per heavy atom. The van der Waals surface area contributed by atoms with Gasteiger partial charge in [0, 0.05) is 17.4 Å². The minimum Gasteiger partial charge on any atom is -0.482 e. The highest BCUT2D eigenvalue weighted by atomic mass is 79.9. The van der Waals surface area contributed by atoms with Crippen LogP contribution in [0.3, 0.4) is 0 Å². The van der Waals surface area contributed by atoms with Crippen molar-refractivity contribution in [3.05, 3.63) is 52.3 Å². The minimum atomic E-state index is -0.430. The van der Waals surface area contributed by atoms with Crippen LogP contribution in [0.15, 0.2) is 40.9 Å². The summed E-state index contributed by atoms with van der Waals surface area (Å²) < 4.78 is 19.0. The van der Waals surface area contributed by atoms with Crippen LogP contribution >= 0.6 is 15.9 Å². The summed E-state index contributed by atoms with van der Waals surface area (Å²) in [5, 5.41) is 2.70. The number of anilines is 2. The fraction of sp³-hybridized carbons (Fsp3) is 0.133. The molecule has 0 spiro atoms. The molecule has 2 aromatic carbocycles. The molecule has 110 valence electrons. The third-order valence-corrected chi connectivity index (χ3v) is 3.56. The van der Waals surface area contributed by atoms with Gasteiger partial charge in [0.25, 0.3) is 5.91 Å². The summed E-state index contributed by atoms with van der Waals surface area (Å²) in [5.74, 6) is -0.505. The van der Waals surface area contributed by atoms with E-state index in [4.69, 9.17) is 10.5 Å². The van der Waals surface area contributed by atoms with Gasteiger partial charge >= 0.3 is 0 Å². The van der Waals surface area contributed by atoms with E-state index in [0.29, 0.717) is 15.8 Å². The van der Waals surface area contributed by atoms with Crippen molar-refractivity contribution in [2.24, 2.45) is 0 Å². The van der Waals surface area contributed by atoms with E-state index in [-0.39, 0.29) is 18.3 Å². The fourth-order valence-corrected chi connectivity index (χ4v) is 2.07. The Bertz CT molecular complexity index is 677. The van der Waals surface area contributed by atoms with Crippen LogP contribution in [-0.2, 0) is 4.79 Å². The molecule has 2 aromatic rings. The molecule has 0 aromatic heterocycles. The van der Waals surface area contributed by atoms with E-state index in [0.717, 1.165) is 5.56 Å². The van der Waals surface area contributed by atoms with Gasteiger partial charge in [-0.25, -0.2) is 4.39 Å². The first-order chi connectivity index (χ1) is 9.97. The maximum atomic E-state index is 13.1. The van der Waals surface area contributed by atoms with Gasteiger partial charge in [0.15, 0.2) is 6.61 Å². The Morgan fingerprint density at radius 1 is 1.38 bits per heavy atom. The van der Waals surface area contributed by atoms with Crippen molar-refractivity contribution in [2.75, 3.05) is 17.7 Å². The van der Waals surface area contributed by atoms with Gasteiger partial charge in [-0.2, -0.15) is 0 Å². The zero-order chi connectivity index (χ0) is 15.4. The maximum Gasteiger partial charge on any atom is 0.262 e. The zero-order valence-corrected chi connectivity index (χ0v) is 12.9. The van der Waals surface area contributed by atoms with E-state index in [2.05, 4.69) is 21.2 Å². The standard InChI is InChI=1S/C15H14BrFN2O2/c1-9-12(18)3-2-4-13(9)19-15(20)8-21-14-7-10(17)5-6-11(14)16/h2-7H,8,18H2,1H3,(H,19,20). The van der Waals surface area contributed by atoms with Crippen molar-refractivity contribution in [1.29, 1.82) is 0 Å². The minimum absolute atomic E-state index is 0.226. The molecule has 0 saturated heterocycles. The highest BCUT2D eigenvalue weighted by molar-refractivity contribution is 9.10. The number of nitrogens with one attached hydrogen (secondary N) is 1. The molecule has 2 rings (SSSR count). The van der Waals surface area contributed by atoms with Gasteiger partial charge in [-0.3, -0.25) is 4.79 Å². The molecule has 0 fully saturated rings. The average Bonchev–Trinajstić information content (AvgIpc) is 2.45. The van der Waals surface area contributed by atoms with E-state index in [1.807, 2.05) is 6.92 Å². The van der Waals surface area contributed by atoms with Crippen molar-refractivity contribution in [2.45, 2.75) is 6.92 Å². The van der Waals surface area contributed by atoms with Crippen molar-refractivity contribution >= 4 is 33.2 Å². The third kappa shape index (κ3) is 3.95.